The third-order valence-electron chi connectivity index (χ3n) is 3.33. The molecule has 1 amide bonds. The van der Waals surface area contributed by atoms with Crippen LogP contribution in [0.25, 0.3) is 0 Å². The Hall–Kier alpha value is -1.66. The Balaban J connectivity index is 1.95. The van der Waals surface area contributed by atoms with Crippen LogP contribution >= 0.6 is 11.6 Å². The Morgan fingerprint density at radius 1 is 1.40 bits per heavy atom. The van der Waals surface area contributed by atoms with Gasteiger partial charge in [-0.05, 0) is 32.0 Å². The van der Waals surface area contributed by atoms with Crippen LogP contribution in [0.5, 0.6) is 0 Å². The predicted octanol–water partition coefficient (Wildman–Crippen LogP) is 2.07. The molecule has 1 heterocycles. The van der Waals surface area contributed by atoms with Gasteiger partial charge in [0.25, 0.3) is 11.6 Å². The molecule has 108 valence electrons. The molecule has 0 aromatic heterocycles. The summed E-state index contributed by atoms with van der Waals surface area (Å²) in [6.45, 7) is 3.43. The zero-order chi connectivity index (χ0) is 14.5. The highest BCUT2D eigenvalue weighted by Gasteiger charge is 2.20. The monoisotopic (exact) mass is 297 g/mol. The first-order valence-corrected chi connectivity index (χ1v) is 6.91. The van der Waals surface area contributed by atoms with Crippen LogP contribution in [0.3, 0.4) is 0 Å². The van der Waals surface area contributed by atoms with Gasteiger partial charge < -0.3 is 10.2 Å². The number of hydrogen-bond donors (Lipinski definition) is 1. The van der Waals surface area contributed by atoms with E-state index in [-0.39, 0.29) is 22.2 Å². The second-order valence-electron chi connectivity index (χ2n) is 4.70. The Morgan fingerprint density at radius 3 is 2.75 bits per heavy atom. The minimum atomic E-state index is -0.594. The van der Waals surface area contributed by atoms with E-state index in [1.807, 2.05) is 0 Å². The van der Waals surface area contributed by atoms with Gasteiger partial charge in [-0.1, -0.05) is 17.7 Å². The van der Waals surface area contributed by atoms with Crippen molar-refractivity contribution in [3.8, 4) is 0 Å². The molecule has 1 saturated heterocycles. The Kier molecular flexibility index (Phi) is 4.92. The van der Waals surface area contributed by atoms with Gasteiger partial charge in [-0.25, -0.2) is 0 Å². The molecule has 0 atom stereocenters. The summed E-state index contributed by atoms with van der Waals surface area (Å²) in [7, 11) is 0. The van der Waals surface area contributed by atoms with Crippen LogP contribution < -0.4 is 5.32 Å². The fourth-order valence-corrected chi connectivity index (χ4v) is 2.55. The van der Waals surface area contributed by atoms with E-state index in [9.17, 15) is 14.9 Å². The van der Waals surface area contributed by atoms with Crippen molar-refractivity contribution in [2.75, 3.05) is 26.2 Å². The van der Waals surface area contributed by atoms with E-state index >= 15 is 0 Å². The predicted molar refractivity (Wildman–Crippen MR) is 76.1 cm³/mol. The van der Waals surface area contributed by atoms with Crippen molar-refractivity contribution >= 4 is 23.2 Å². The molecule has 1 aromatic carbocycles. The Morgan fingerprint density at radius 2 is 2.10 bits per heavy atom. The first-order chi connectivity index (χ1) is 9.59. The number of likely N-dealkylation sites (tertiary alicyclic amines) is 1. The molecule has 0 saturated carbocycles. The minimum absolute atomic E-state index is 0.115. The summed E-state index contributed by atoms with van der Waals surface area (Å²) in [5.41, 5.74) is -0.110. The molecular weight excluding hydrogens is 282 g/mol. The fraction of sp³-hybridized carbons (Fsp3) is 0.462. The third-order valence-corrected chi connectivity index (χ3v) is 3.73. The average molecular weight is 298 g/mol. The van der Waals surface area contributed by atoms with Crippen LogP contribution in [0.15, 0.2) is 18.2 Å². The van der Waals surface area contributed by atoms with Gasteiger partial charge in [0.05, 0.1) is 10.5 Å². The summed E-state index contributed by atoms with van der Waals surface area (Å²) in [6.07, 6.45) is 2.40. The summed E-state index contributed by atoms with van der Waals surface area (Å²) in [4.78, 5) is 24.4. The molecule has 0 radical (unpaired) electrons. The van der Waals surface area contributed by atoms with Crippen LogP contribution in [-0.2, 0) is 0 Å². The number of amides is 1. The average Bonchev–Trinajstić information content (AvgIpc) is 2.91. The number of halogens is 1. The van der Waals surface area contributed by atoms with Gasteiger partial charge in [0.1, 0.15) is 5.02 Å². The molecule has 1 N–H and O–H groups in total. The van der Waals surface area contributed by atoms with Gasteiger partial charge in [0.2, 0.25) is 0 Å². The van der Waals surface area contributed by atoms with E-state index in [0.29, 0.717) is 6.54 Å². The van der Waals surface area contributed by atoms with Crippen LogP contribution in [-0.4, -0.2) is 41.9 Å². The maximum absolute atomic E-state index is 12.0. The highest BCUT2D eigenvalue weighted by atomic mass is 35.5. The SMILES string of the molecule is O=C(NCCN1CCCC1)c1cccc([N+](=O)[O-])c1Cl. The molecule has 1 aromatic rings. The summed E-state index contributed by atoms with van der Waals surface area (Å²) in [5.74, 6) is -0.377. The number of nitrogens with zero attached hydrogens (tertiary/aromatic N) is 2. The molecule has 0 bridgehead atoms. The normalized spacial score (nSPS) is 15.2. The highest BCUT2D eigenvalue weighted by Crippen LogP contribution is 2.27. The molecule has 0 spiro atoms. The molecule has 2 rings (SSSR count). The minimum Gasteiger partial charge on any atom is -0.351 e. The molecule has 7 heteroatoms. The van der Waals surface area contributed by atoms with Gasteiger partial charge in [0.15, 0.2) is 0 Å². The first kappa shape index (κ1) is 14.7. The lowest BCUT2D eigenvalue weighted by molar-refractivity contribution is -0.384. The smallest absolute Gasteiger partial charge is 0.288 e. The molecule has 1 fully saturated rings. The van der Waals surface area contributed by atoms with Crippen molar-refractivity contribution in [3.05, 3.63) is 38.9 Å². The lowest BCUT2D eigenvalue weighted by Gasteiger charge is -2.14. The van der Waals surface area contributed by atoms with Gasteiger partial charge >= 0.3 is 0 Å². The molecule has 1 aliphatic rings. The topological polar surface area (TPSA) is 75.5 Å². The van der Waals surface area contributed by atoms with Crippen molar-refractivity contribution in [3.63, 3.8) is 0 Å². The van der Waals surface area contributed by atoms with E-state index < -0.39 is 4.92 Å². The number of nitrogens with one attached hydrogen (secondary N) is 1. The Bertz CT molecular complexity index is 516. The number of rotatable bonds is 5. The van der Waals surface area contributed by atoms with Crippen LogP contribution in [0.4, 0.5) is 5.69 Å². The number of nitro benzene ring substituents is 1. The van der Waals surface area contributed by atoms with Crippen molar-refractivity contribution in [1.29, 1.82) is 0 Å². The van der Waals surface area contributed by atoms with Crippen LogP contribution in [0, 0.1) is 10.1 Å². The molecule has 0 aliphatic carbocycles. The largest absolute Gasteiger partial charge is 0.351 e. The number of carbonyl (C=O) groups is 1. The second kappa shape index (κ2) is 6.67. The maximum atomic E-state index is 12.0. The summed E-state index contributed by atoms with van der Waals surface area (Å²) in [6, 6.07) is 4.23. The fourth-order valence-electron chi connectivity index (χ4n) is 2.27. The van der Waals surface area contributed by atoms with E-state index in [0.717, 1.165) is 19.6 Å². The molecule has 1 aliphatic heterocycles. The number of hydrogen-bond acceptors (Lipinski definition) is 4. The summed E-state index contributed by atoms with van der Waals surface area (Å²) >= 11 is 5.89. The Labute approximate surface area is 121 Å². The quantitative estimate of drug-likeness (QED) is 0.667. The highest BCUT2D eigenvalue weighted by molar-refractivity contribution is 6.35. The lowest BCUT2D eigenvalue weighted by atomic mass is 10.2. The van der Waals surface area contributed by atoms with Crippen LogP contribution in [0.1, 0.15) is 23.2 Å². The van der Waals surface area contributed by atoms with Crippen molar-refractivity contribution < 1.29 is 9.72 Å². The number of carbonyl (C=O) groups excluding carboxylic acids is 1. The molecule has 6 nitrogen and oxygen atoms in total. The van der Waals surface area contributed by atoms with E-state index in [2.05, 4.69) is 10.2 Å². The third kappa shape index (κ3) is 3.46. The van der Waals surface area contributed by atoms with Crippen molar-refractivity contribution in [2.45, 2.75) is 12.8 Å². The van der Waals surface area contributed by atoms with Crippen molar-refractivity contribution in [2.24, 2.45) is 0 Å². The van der Waals surface area contributed by atoms with E-state index in [1.165, 1.54) is 31.0 Å². The second-order valence-corrected chi connectivity index (χ2v) is 5.08. The molecule has 20 heavy (non-hydrogen) atoms. The first-order valence-electron chi connectivity index (χ1n) is 6.53. The number of benzene rings is 1. The molecule has 0 unspecified atom stereocenters. The standard InChI is InChI=1S/C13H16ClN3O3/c14-12-10(4-3-5-11(12)17(19)20)13(18)15-6-9-16-7-1-2-8-16/h3-5H,1-2,6-9H2,(H,15,18). The lowest BCUT2D eigenvalue weighted by Crippen LogP contribution is -2.33. The zero-order valence-electron chi connectivity index (χ0n) is 11.0. The van der Waals surface area contributed by atoms with Gasteiger partial charge in [0, 0.05) is 19.2 Å². The zero-order valence-corrected chi connectivity index (χ0v) is 11.7. The van der Waals surface area contributed by atoms with Gasteiger partial charge in [-0.15, -0.1) is 0 Å². The summed E-state index contributed by atoms with van der Waals surface area (Å²) < 4.78 is 0. The van der Waals surface area contributed by atoms with Crippen molar-refractivity contribution in [1.82, 2.24) is 10.2 Å². The van der Waals surface area contributed by atoms with Gasteiger partial charge in [-0.2, -0.15) is 0 Å². The van der Waals surface area contributed by atoms with E-state index in [4.69, 9.17) is 11.6 Å². The number of nitro groups is 1. The van der Waals surface area contributed by atoms with Crippen LogP contribution in [0.2, 0.25) is 5.02 Å². The maximum Gasteiger partial charge on any atom is 0.288 e. The summed E-state index contributed by atoms with van der Waals surface area (Å²) in [5, 5.41) is 13.4. The van der Waals surface area contributed by atoms with Gasteiger partial charge in [-0.3, -0.25) is 14.9 Å². The van der Waals surface area contributed by atoms with E-state index in [1.54, 1.807) is 0 Å². The molecular formula is C13H16ClN3O3.